The van der Waals surface area contributed by atoms with E-state index >= 15 is 0 Å². The Hall–Kier alpha value is -3.25. The molecule has 1 amide bonds. The monoisotopic (exact) mass is 404 g/mol. The zero-order chi connectivity index (χ0) is 20.5. The molecule has 0 spiro atoms. The molecule has 0 radical (unpaired) electrons. The number of aliphatic hydroxyl groups excluding tert-OH is 1. The summed E-state index contributed by atoms with van der Waals surface area (Å²) in [5.74, 6) is -1.42. The van der Waals surface area contributed by atoms with Crippen LogP contribution in [0.3, 0.4) is 0 Å². The van der Waals surface area contributed by atoms with Crippen LogP contribution in [0.25, 0.3) is 5.76 Å². The Bertz CT molecular complexity index is 1100. The Kier molecular flexibility index (Phi) is 5.03. The quantitative estimate of drug-likeness (QED) is 0.398. The number of likely N-dealkylation sites (tertiary alicyclic amines) is 1. The van der Waals surface area contributed by atoms with E-state index in [1.54, 1.807) is 30.6 Å². The lowest BCUT2D eigenvalue weighted by Crippen LogP contribution is -2.29. The second kappa shape index (κ2) is 7.64. The summed E-state index contributed by atoms with van der Waals surface area (Å²) < 4.78 is 0. The van der Waals surface area contributed by atoms with E-state index in [-0.39, 0.29) is 17.9 Å². The van der Waals surface area contributed by atoms with Crippen molar-refractivity contribution in [3.8, 4) is 0 Å². The predicted octanol–water partition coefficient (Wildman–Crippen LogP) is 4.38. The molecule has 146 valence electrons. The topological polar surface area (TPSA) is 70.5 Å². The number of aromatic nitrogens is 1. The molecule has 0 bridgehead atoms. The third kappa shape index (κ3) is 3.47. The zero-order valence-corrected chi connectivity index (χ0v) is 16.9. The van der Waals surface area contributed by atoms with Gasteiger partial charge in [-0.2, -0.15) is 0 Å². The summed E-state index contributed by atoms with van der Waals surface area (Å²) in [4.78, 5) is 32.4. The third-order valence-corrected chi connectivity index (χ3v) is 6.16. The van der Waals surface area contributed by atoms with Crippen LogP contribution in [0.2, 0.25) is 0 Å². The average Bonchev–Trinajstić information content (AvgIpc) is 3.25. The number of aliphatic hydroxyl groups is 1. The van der Waals surface area contributed by atoms with Crippen LogP contribution in [0.1, 0.15) is 33.2 Å². The lowest BCUT2D eigenvalue weighted by Gasteiger charge is -2.24. The maximum absolute atomic E-state index is 13.0. The molecule has 0 saturated carbocycles. The van der Waals surface area contributed by atoms with Crippen molar-refractivity contribution >= 4 is 28.8 Å². The molecular formula is C23H20N2O3S. The maximum atomic E-state index is 13.0. The largest absolute Gasteiger partial charge is 0.507 e. The number of aryl methyl sites for hydroxylation is 2. The van der Waals surface area contributed by atoms with Crippen molar-refractivity contribution in [2.45, 2.75) is 26.4 Å². The first kappa shape index (κ1) is 19.1. The van der Waals surface area contributed by atoms with Gasteiger partial charge in [0, 0.05) is 29.4 Å². The molecule has 6 heteroatoms. The molecule has 4 rings (SSSR count). The number of carbonyl (C=O) groups excluding carboxylic acids is 2. The summed E-state index contributed by atoms with van der Waals surface area (Å²) >= 11 is 1.48. The van der Waals surface area contributed by atoms with Crippen molar-refractivity contribution in [2.75, 3.05) is 0 Å². The van der Waals surface area contributed by atoms with Gasteiger partial charge in [0.1, 0.15) is 11.8 Å². The summed E-state index contributed by atoms with van der Waals surface area (Å²) in [5.41, 5.74) is 3.50. The SMILES string of the molecule is Cc1ccc(/C(O)=C2/C(=O)C(=O)N(Cc3cccnc3)C2c2sccc2C)cc1. The Balaban J connectivity index is 1.86. The Morgan fingerprint density at radius 3 is 2.52 bits per heavy atom. The number of amides is 1. The molecule has 1 unspecified atom stereocenters. The highest BCUT2D eigenvalue weighted by molar-refractivity contribution is 7.10. The molecule has 3 aromatic rings. The highest BCUT2D eigenvalue weighted by Gasteiger charge is 2.47. The Morgan fingerprint density at radius 2 is 1.90 bits per heavy atom. The first-order valence-corrected chi connectivity index (χ1v) is 10.1. The van der Waals surface area contributed by atoms with Gasteiger partial charge >= 0.3 is 0 Å². The maximum Gasteiger partial charge on any atom is 0.295 e. The minimum Gasteiger partial charge on any atom is -0.507 e. The van der Waals surface area contributed by atoms with Gasteiger partial charge in [-0.05, 0) is 42.5 Å². The summed E-state index contributed by atoms with van der Waals surface area (Å²) in [5, 5.41) is 12.9. The van der Waals surface area contributed by atoms with Gasteiger partial charge in [0.05, 0.1) is 5.57 Å². The molecule has 1 aliphatic heterocycles. The molecule has 29 heavy (non-hydrogen) atoms. The van der Waals surface area contributed by atoms with Crippen molar-refractivity contribution in [3.63, 3.8) is 0 Å². The summed E-state index contributed by atoms with van der Waals surface area (Å²) in [6, 6.07) is 12.2. The highest BCUT2D eigenvalue weighted by atomic mass is 32.1. The smallest absolute Gasteiger partial charge is 0.295 e. The molecule has 0 aliphatic carbocycles. The third-order valence-electron chi connectivity index (χ3n) is 5.09. The minimum atomic E-state index is -0.662. The van der Waals surface area contributed by atoms with Crippen LogP contribution in [-0.4, -0.2) is 26.7 Å². The number of Topliss-reactive ketones (excluding diaryl/α,β-unsaturated/α-hetero) is 1. The van der Waals surface area contributed by atoms with Gasteiger partial charge in [-0.1, -0.05) is 35.9 Å². The summed E-state index contributed by atoms with van der Waals surface area (Å²) in [6.07, 6.45) is 3.34. The van der Waals surface area contributed by atoms with Gasteiger partial charge in [0.2, 0.25) is 0 Å². The lowest BCUT2D eigenvalue weighted by atomic mass is 9.98. The normalized spacial score (nSPS) is 18.4. The van der Waals surface area contributed by atoms with Crippen LogP contribution in [0.5, 0.6) is 0 Å². The van der Waals surface area contributed by atoms with Gasteiger partial charge in [-0.3, -0.25) is 14.6 Å². The first-order valence-electron chi connectivity index (χ1n) is 9.25. The number of hydrogen-bond donors (Lipinski definition) is 1. The fourth-order valence-corrected chi connectivity index (χ4v) is 4.58. The highest BCUT2D eigenvalue weighted by Crippen LogP contribution is 2.43. The summed E-state index contributed by atoms with van der Waals surface area (Å²) in [6.45, 7) is 4.14. The van der Waals surface area contributed by atoms with Crippen molar-refractivity contribution in [1.82, 2.24) is 9.88 Å². The first-order chi connectivity index (χ1) is 14.0. The van der Waals surface area contributed by atoms with E-state index in [4.69, 9.17) is 0 Å². The fourth-order valence-electron chi connectivity index (χ4n) is 3.54. The van der Waals surface area contributed by atoms with E-state index in [0.29, 0.717) is 5.56 Å². The van der Waals surface area contributed by atoms with E-state index in [1.807, 2.05) is 43.5 Å². The van der Waals surface area contributed by atoms with E-state index < -0.39 is 17.7 Å². The lowest BCUT2D eigenvalue weighted by molar-refractivity contribution is -0.140. The van der Waals surface area contributed by atoms with E-state index in [1.165, 1.54) is 16.2 Å². The van der Waals surface area contributed by atoms with Gasteiger partial charge in [0.25, 0.3) is 11.7 Å². The number of rotatable bonds is 4. The van der Waals surface area contributed by atoms with Crippen molar-refractivity contribution in [1.29, 1.82) is 0 Å². The number of ketones is 1. The number of carbonyl (C=O) groups is 2. The van der Waals surface area contributed by atoms with Crippen LogP contribution in [0.15, 0.2) is 65.8 Å². The van der Waals surface area contributed by atoms with Crippen molar-refractivity contribution in [3.05, 3.63) is 92.9 Å². The molecule has 1 saturated heterocycles. The molecule has 1 fully saturated rings. The van der Waals surface area contributed by atoms with Crippen LogP contribution < -0.4 is 0 Å². The molecule has 2 aromatic heterocycles. The van der Waals surface area contributed by atoms with E-state index in [9.17, 15) is 14.7 Å². The zero-order valence-electron chi connectivity index (χ0n) is 16.1. The number of nitrogens with zero attached hydrogens (tertiary/aromatic N) is 2. The molecule has 5 nitrogen and oxygen atoms in total. The number of hydrogen-bond acceptors (Lipinski definition) is 5. The molecule has 1 N–H and O–H groups in total. The number of thiophene rings is 1. The van der Waals surface area contributed by atoms with Crippen molar-refractivity contribution in [2.24, 2.45) is 0 Å². The van der Waals surface area contributed by atoms with Crippen LogP contribution in [0.4, 0.5) is 0 Å². The molecule has 1 atom stereocenters. The summed E-state index contributed by atoms with van der Waals surface area (Å²) in [7, 11) is 0. The van der Waals surface area contributed by atoms with Gasteiger partial charge in [0.15, 0.2) is 0 Å². The van der Waals surface area contributed by atoms with Gasteiger partial charge in [-0.25, -0.2) is 0 Å². The number of pyridine rings is 1. The Labute approximate surface area is 173 Å². The standard InChI is InChI=1S/C23H20N2O3S/c1-14-5-7-17(8-6-14)20(26)18-19(22-15(2)9-11-29-22)25(23(28)21(18)27)13-16-4-3-10-24-12-16/h3-12,19,26H,13H2,1-2H3/b20-18-. The van der Waals surface area contributed by atoms with Gasteiger partial charge in [-0.15, -0.1) is 11.3 Å². The van der Waals surface area contributed by atoms with Crippen molar-refractivity contribution < 1.29 is 14.7 Å². The Morgan fingerprint density at radius 1 is 1.14 bits per heavy atom. The van der Waals surface area contributed by atoms with E-state index in [0.717, 1.165) is 21.6 Å². The molecule has 1 aromatic carbocycles. The van der Waals surface area contributed by atoms with Crippen LogP contribution in [0, 0.1) is 13.8 Å². The molecule has 1 aliphatic rings. The predicted molar refractivity (Wildman–Crippen MR) is 112 cm³/mol. The second-order valence-electron chi connectivity index (χ2n) is 7.12. The van der Waals surface area contributed by atoms with Crippen LogP contribution in [-0.2, 0) is 16.1 Å². The van der Waals surface area contributed by atoms with E-state index in [2.05, 4.69) is 4.98 Å². The fraction of sp³-hybridized carbons (Fsp3) is 0.174. The number of benzene rings is 1. The molecular weight excluding hydrogens is 384 g/mol. The van der Waals surface area contributed by atoms with Gasteiger partial charge < -0.3 is 10.0 Å². The second-order valence-corrected chi connectivity index (χ2v) is 8.07. The minimum absolute atomic E-state index is 0.133. The molecule has 3 heterocycles. The average molecular weight is 404 g/mol. The van der Waals surface area contributed by atoms with Crippen LogP contribution >= 0.6 is 11.3 Å².